The molecule has 0 bridgehead atoms. The lowest BCUT2D eigenvalue weighted by molar-refractivity contribution is -0.111. The summed E-state index contributed by atoms with van der Waals surface area (Å²) in [4.78, 5) is 27.1. The van der Waals surface area contributed by atoms with Gasteiger partial charge >= 0.3 is 0 Å². The average molecular weight is 512 g/mol. The monoisotopic (exact) mass is 511 g/mol. The number of hydrogen-bond donors (Lipinski definition) is 1. The number of nitriles is 1. The molecule has 0 fully saturated rings. The molecule has 0 saturated heterocycles. The van der Waals surface area contributed by atoms with Gasteiger partial charge in [0.15, 0.2) is 17.1 Å². The van der Waals surface area contributed by atoms with E-state index >= 15 is 0 Å². The highest BCUT2D eigenvalue weighted by molar-refractivity contribution is 7.07. The number of anilines is 1. The van der Waals surface area contributed by atoms with Gasteiger partial charge in [0.1, 0.15) is 10.7 Å². The van der Waals surface area contributed by atoms with Crippen molar-refractivity contribution in [3.05, 3.63) is 103 Å². The van der Waals surface area contributed by atoms with Crippen molar-refractivity contribution in [2.75, 3.05) is 19.5 Å². The predicted octanol–water partition coefficient (Wildman–Crippen LogP) is 3.67. The topological polar surface area (TPSA) is 93.4 Å². The lowest BCUT2D eigenvalue weighted by Gasteiger charge is -2.09. The Morgan fingerprint density at radius 2 is 1.68 bits per heavy atom. The minimum atomic E-state index is -0.592. The van der Waals surface area contributed by atoms with Crippen molar-refractivity contribution < 1.29 is 14.3 Å². The first-order valence-corrected chi connectivity index (χ1v) is 12.2. The van der Waals surface area contributed by atoms with Crippen LogP contribution in [0.15, 0.2) is 71.5 Å². The summed E-state index contributed by atoms with van der Waals surface area (Å²) < 4.78 is 12.9. The molecule has 4 aromatic rings. The summed E-state index contributed by atoms with van der Waals surface area (Å²) in [6.07, 6.45) is 1.68. The van der Waals surface area contributed by atoms with Gasteiger partial charge < -0.3 is 14.8 Å². The summed E-state index contributed by atoms with van der Waals surface area (Å²) in [5, 5.41) is 12.9. The molecule has 37 heavy (non-hydrogen) atoms. The molecule has 4 rings (SSSR count). The van der Waals surface area contributed by atoms with E-state index in [1.54, 1.807) is 42.5 Å². The first-order chi connectivity index (χ1) is 17.9. The SMILES string of the molecule is COc1cccc(C=c2sc(=C(C#N)C(=O)Nc3ccccc3C)n(-c3ccccc3C)c2=O)c1OC. The highest BCUT2D eigenvalue weighted by Gasteiger charge is 2.19. The van der Waals surface area contributed by atoms with Gasteiger partial charge in [-0.15, -0.1) is 11.3 Å². The Balaban J connectivity index is 2.03. The molecule has 1 N–H and O–H groups in total. The summed E-state index contributed by atoms with van der Waals surface area (Å²) in [7, 11) is 3.06. The van der Waals surface area contributed by atoms with Crippen LogP contribution < -0.4 is 29.5 Å². The fourth-order valence-corrected chi connectivity index (χ4v) is 5.03. The number of benzene rings is 3. The predicted molar refractivity (Wildman–Crippen MR) is 146 cm³/mol. The van der Waals surface area contributed by atoms with E-state index < -0.39 is 5.91 Å². The Kier molecular flexibility index (Phi) is 7.56. The maximum Gasteiger partial charge on any atom is 0.273 e. The third-order valence-corrected chi connectivity index (χ3v) is 6.94. The maximum atomic E-state index is 13.8. The molecule has 0 radical (unpaired) electrons. The number of nitrogens with zero attached hydrogens (tertiary/aromatic N) is 2. The summed E-state index contributed by atoms with van der Waals surface area (Å²) in [5.41, 5.74) is 2.98. The number of thiazole rings is 1. The fraction of sp³-hybridized carbons (Fsp3) is 0.138. The summed E-state index contributed by atoms with van der Waals surface area (Å²) in [6.45, 7) is 3.74. The summed E-state index contributed by atoms with van der Waals surface area (Å²) >= 11 is 1.07. The Morgan fingerprint density at radius 3 is 2.32 bits per heavy atom. The molecular weight excluding hydrogens is 486 g/mol. The highest BCUT2D eigenvalue weighted by Crippen LogP contribution is 2.31. The van der Waals surface area contributed by atoms with Gasteiger partial charge in [-0.1, -0.05) is 48.5 Å². The normalized spacial score (nSPS) is 12.0. The number of nitrogens with one attached hydrogen (secondary N) is 1. The molecule has 1 aromatic heterocycles. The van der Waals surface area contributed by atoms with E-state index in [9.17, 15) is 14.9 Å². The molecule has 7 nitrogen and oxygen atoms in total. The molecule has 0 spiro atoms. The van der Waals surface area contributed by atoms with Crippen LogP contribution in [0, 0.1) is 25.2 Å². The van der Waals surface area contributed by atoms with E-state index in [1.807, 2.05) is 50.2 Å². The van der Waals surface area contributed by atoms with Crippen LogP contribution in [0.5, 0.6) is 11.5 Å². The van der Waals surface area contributed by atoms with Crippen LogP contribution >= 0.6 is 11.3 Å². The molecule has 3 aromatic carbocycles. The van der Waals surface area contributed by atoms with E-state index in [1.165, 1.54) is 18.8 Å². The number of amides is 1. The van der Waals surface area contributed by atoms with Crippen molar-refractivity contribution in [3.63, 3.8) is 0 Å². The number of aromatic nitrogens is 1. The Labute approximate surface area is 218 Å². The molecule has 0 saturated carbocycles. The highest BCUT2D eigenvalue weighted by atomic mass is 32.1. The maximum absolute atomic E-state index is 13.8. The zero-order valence-electron chi connectivity index (χ0n) is 20.9. The Morgan fingerprint density at radius 1 is 0.973 bits per heavy atom. The zero-order chi connectivity index (χ0) is 26.5. The average Bonchev–Trinajstić information content (AvgIpc) is 3.21. The van der Waals surface area contributed by atoms with Crippen molar-refractivity contribution in [1.82, 2.24) is 4.57 Å². The van der Waals surface area contributed by atoms with Gasteiger partial charge in [0.25, 0.3) is 11.5 Å². The number of hydrogen-bond acceptors (Lipinski definition) is 6. The van der Waals surface area contributed by atoms with E-state index in [4.69, 9.17) is 9.47 Å². The van der Waals surface area contributed by atoms with Crippen molar-refractivity contribution in [2.24, 2.45) is 0 Å². The first kappa shape index (κ1) is 25.5. The number of carbonyl (C=O) groups is 1. The van der Waals surface area contributed by atoms with Gasteiger partial charge in [-0.3, -0.25) is 14.2 Å². The first-order valence-electron chi connectivity index (χ1n) is 11.4. The van der Waals surface area contributed by atoms with E-state index in [0.29, 0.717) is 33.0 Å². The van der Waals surface area contributed by atoms with Crippen LogP contribution in [0.3, 0.4) is 0 Å². The number of ether oxygens (including phenoxy) is 2. The summed E-state index contributed by atoms with van der Waals surface area (Å²) in [6, 6.07) is 22.0. The van der Waals surface area contributed by atoms with Crippen LogP contribution in [-0.2, 0) is 4.79 Å². The number of para-hydroxylation sites is 3. The van der Waals surface area contributed by atoms with Crippen LogP contribution in [0.4, 0.5) is 5.69 Å². The molecule has 0 aliphatic heterocycles. The third-order valence-electron chi connectivity index (χ3n) is 5.85. The lowest BCUT2D eigenvalue weighted by atomic mass is 10.1. The molecule has 1 amide bonds. The van der Waals surface area contributed by atoms with Gasteiger partial charge in [-0.25, -0.2) is 0 Å². The van der Waals surface area contributed by atoms with Crippen LogP contribution in [-0.4, -0.2) is 24.7 Å². The van der Waals surface area contributed by atoms with Crippen LogP contribution in [0.2, 0.25) is 0 Å². The van der Waals surface area contributed by atoms with Crippen molar-refractivity contribution in [2.45, 2.75) is 13.8 Å². The summed E-state index contributed by atoms with van der Waals surface area (Å²) in [5.74, 6) is 0.406. The van der Waals surface area contributed by atoms with Crippen LogP contribution in [0.25, 0.3) is 17.3 Å². The molecule has 186 valence electrons. The lowest BCUT2D eigenvalue weighted by Crippen LogP contribution is -2.32. The minimum Gasteiger partial charge on any atom is -0.493 e. The molecule has 0 aliphatic carbocycles. The Hall–Kier alpha value is -4.61. The zero-order valence-corrected chi connectivity index (χ0v) is 21.7. The minimum absolute atomic E-state index is 0.161. The quantitative estimate of drug-likeness (QED) is 0.426. The van der Waals surface area contributed by atoms with Crippen molar-refractivity contribution in [3.8, 4) is 23.3 Å². The second-order valence-corrected chi connectivity index (χ2v) is 9.21. The van der Waals surface area contributed by atoms with Gasteiger partial charge in [0.05, 0.1) is 24.4 Å². The number of rotatable bonds is 6. The fourth-order valence-electron chi connectivity index (χ4n) is 3.94. The molecule has 1 heterocycles. The number of methoxy groups -OCH3 is 2. The van der Waals surface area contributed by atoms with E-state index in [2.05, 4.69) is 5.32 Å². The molecule has 0 aliphatic rings. The second kappa shape index (κ2) is 11.0. The van der Waals surface area contributed by atoms with Gasteiger partial charge in [-0.2, -0.15) is 5.26 Å². The number of aryl methyl sites for hydroxylation is 2. The third kappa shape index (κ3) is 5.03. The smallest absolute Gasteiger partial charge is 0.273 e. The van der Waals surface area contributed by atoms with Gasteiger partial charge in [0, 0.05) is 11.3 Å². The van der Waals surface area contributed by atoms with E-state index in [0.717, 1.165) is 22.5 Å². The molecular formula is C29H25N3O4S. The van der Waals surface area contributed by atoms with E-state index in [-0.39, 0.29) is 15.8 Å². The van der Waals surface area contributed by atoms with Crippen molar-refractivity contribution >= 4 is 34.6 Å². The molecule has 8 heteroatoms. The van der Waals surface area contributed by atoms with Crippen LogP contribution in [0.1, 0.15) is 16.7 Å². The Bertz CT molecular complexity index is 1710. The van der Waals surface area contributed by atoms with Crippen molar-refractivity contribution in [1.29, 1.82) is 5.26 Å². The van der Waals surface area contributed by atoms with Gasteiger partial charge in [-0.05, 0) is 49.2 Å². The molecule has 0 unspecified atom stereocenters. The standard InChI is InChI=1S/C29H25N3O4S/c1-18-10-5-7-13-22(18)31-27(33)21(17-30)29-32(23-14-8-6-11-19(23)2)28(34)25(37-29)16-20-12-9-15-24(35-3)26(20)36-4/h5-16H,1-4H3,(H,31,33). The molecule has 0 atom stereocenters. The van der Waals surface area contributed by atoms with Gasteiger partial charge in [0.2, 0.25) is 0 Å². The second-order valence-electron chi connectivity index (χ2n) is 8.18. The number of carbonyl (C=O) groups excluding carboxylic acids is 1. The largest absolute Gasteiger partial charge is 0.493 e.